The predicted molar refractivity (Wildman–Crippen MR) is 35.2 cm³/mol. The van der Waals surface area contributed by atoms with Crippen molar-refractivity contribution in [3.8, 4) is 0 Å². The maximum absolute atomic E-state index is 10.4. The molecule has 0 aromatic heterocycles. The van der Waals surface area contributed by atoms with Crippen LogP contribution in [-0.2, 0) is 9.53 Å². The van der Waals surface area contributed by atoms with Gasteiger partial charge in [0.25, 0.3) is 0 Å². The molecule has 0 N–H and O–H groups in total. The van der Waals surface area contributed by atoms with Gasteiger partial charge in [0, 0.05) is 0 Å². The first-order valence-electron chi connectivity index (χ1n) is 2.56. The number of halogens is 1. The van der Waals surface area contributed by atoms with E-state index in [1.165, 1.54) is 6.08 Å². The summed E-state index contributed by atoms with van der Waals surface area (Å²) < 4.78 is 4.55. The van der Waals surface area contributed by atoms with Crippen LogP contribution in [0.2, 0.25) is 0 Å². The van der Waals surface area contributed by atoms with E-state index in [1.54, 1.807) is 0 Å². The van der Waals surface area contributed by atoms with Gasteiger partial charge in [-0.25, -0.2) is 0 Å². The standard InChI is InChI=1S/C6H8ClO2/c1-2-3-6(8)9-5-4-7/h1-2H,3-5H2. The zero-order valence-corrected chi connectivity index (χ0v) is 5.73. The van der Waals surface area contributed by atoms with Crippen LogP contribution in [0, 0.1) is 6.58 Å². The number of alkyl halides is 1. The van der Waals surface area contributed by atoms with E-state index in [0.717, 1.165) is 0 Å². The minimum Gasteiger partial charge on any atom is -0.464 e. The molecule has 0 atom stereocenters. The molecule has 0 aliphatic heterocycles. The van der Waals surface area contributed by atoms with E-state index in [4.69, 9.17) is 18.2 Å². The van der Waals surface area contributed by atoms with Crippen LogP contribution < -0.4 is 0 Å². The van der Waals surface area contributed by atoms with Gasteiger partial charge in [0.1, 0.15) is 6.61 Å². The van der Waals surface area contributed by atoms with Gasteiger partial charge in [0.15, 0.2) is 0 Å². The third kappa shape index (κ3) is 5.37. The van der Waals surface area contributed by atoms with Crippen LogP contribution in [0.15, 0.2) is 6.08 Å². The fourth-order valence-corrected chi connectivity index (χ4v) is 0.385. The SMILES string of the molecule is [CH]=CCC(=O)OCCCl. The van der Waals surface area contributed by atoms with Crippen molar-refractivity contribution >= 4 is 17.6 Å². The van der Waals surface area contributed by atoms with Crippen molar-refractivity contribution in [2.24, 2.45) is 0 Å². The maximum atomic E-state index is 10.4. The summed E-state index contributed by atoms with van der Waals surface area (Å²) in [5, 5.41) is 0. The van der Waals surface area contributed by atoms with Crippen molar-refractivity contribution in [3.05, 3.63) is 12.7 Å². The molecule has 0 aromatic rings. The van der Waals surface area contributed by atoms with Crippen molar-refractivity contribution in [2.75, 3.05) is 12.5 Å². The molecular formula is C6H8ClO2. The molecular weight excluding hydrogens is 140 g/mol. The average molecular weight is 148 g/mol. The summed E-state index contributed by atoms with van der Waals surface area (Å²) in [6.07, 6.45) is 1.40. The van der Waals surface area contributed by atoms with Crippen LogP contribution in [0.4, 0.5) is 0 Å². The van der Waals surface area contributed by atoms with Gasteiger partial charge >= 0.3 is 5.97 Å². The summed E-state index contributed by atoms with van der Waals surface area (Å²) in [4.78, 5) is 10.4. The van der Waals surface area contributed by atoms with Crippen molar-refractivity contribution < 1.29 is 9.53 Å². The molecule has 0 rings (SSSR count). The van der Waals surface area contributed by atoms with Gasteiger partial charge in [-0.1, -0.05) is 12.7 Å². The van der Waals surface area contributed by atoms with E-state index < -0.39 is 0 Å². The van der Waals surface area contributed by atoms with Gasteiger partial charge in [0.05, 0.1) is 12.3 Å². The number of ether oxygens (including phenoxy) is 1. The molecule has 0 heterocycles. The largest absolute Gasteiger partial charge is 0.464 e. The lowest BCUT2D eigenvalue weighted by Gasteiger charge is -1.96. The Morgan fingerprint density at radius 1 is 1.78 bits per heavy atom. The Labute approximate surface area is 59.5 Å². The fraction of sp³-hybridized carbons (Fsp3) is 0.500. The topological polar surface area (TPSA) is 26.3 Å². The van der Waals surface area contributed by atoms with Gasteiger partial charge in [-0.3, -0.25) is 4.79 Å². The minimum atomic E-state index is -0.335. The normalized spacial score (nSPS) is 8.56. The Morgan fingerprint density at radius 2 is 2.44 bits per heavy atom. The highest BCUT2D eigenvalue weighted by molar-refractivity contribution is 6.18. The Morgan fingerprint density at radius 3 is 2.89 bits per heavy atom. The van der Waals surface area contributed by atoms with Crippen LogP contribution in [0.3, 0.4) is 0 Å². The maximum Gasteiger partial charge on any atom is 0.309 e. The van der Waals surface area contributed by atoms with Gasteiger partial charge < -0.3 is 4.74 Å². The second kappa shape index (κ2) is 5.63. The van der Waals surface area contributed by atoms with E-state index in [9.17, 15) is 4.79 Å². The van der Waals surface area contributed by atoms with Gasteiger partial charge in [-0.2, -0.15) is 0 Å². The molecule has 0 aromatic carbocycles. The molecule has 1 radical (unpaired) electrons. The highest BCUT2D eigenvalue weighted by atomic mass is 35.5. The first-order valence-corrected chi connectivity index (χ1v) is 3.09. The van der Waals surface area contributed by atoms with Crippen molar-refractivity contribution in [1.82, 2.24) is 0 Å². The molecule has 0 aliphatic carbocycles. The Kier molecular flexibility index (Phi) is 5.32. The molecule has 0 fully saturated rings. The summed E-state index contributed by atoms with van der Waals surface area (Å²) in [5.74, 6) is -0.00537. The van der Waals surface area contributed by atoms with Gasteiger partial charge in [-0.15, -0.1) is 11.6 Å². The number of hydrogen-bond donors (Lipinski definition) is 0. The first kappa shape index (κ1) is 8.50. The van der Waals surface area contributed by atoms with E-state index in [2.05, 4.69) is 4.74 Å². The summed E-state index contributed by atoms with van der Waals surface area (Å²) >= 11 is 5.23. The van der Waals surface area contributed by atoms with Crippen molar-refractivity contribution in [1.29, 1.82) is 0 Å². The summed E-state index contributed by atoms with van der Waals surface area (Å²) in [6.45, 7) is 5.20. The molecule has 0 bridgehead atoms. The summed E-state index contributed by atoms with van der Waals surface area (Å²) in [5.41, 5.74) is 0. The number of esters is 1. The lowest BCUT2D eigenvalue weighted by Crippen LogP contribution is -2.04. The second-order valence-electron chi connectivity index (χ2n) is 1.35. The first-order chi connectivity index (χ1) is 4.31. The van der Waals surface area contributed by atoms with Gasteiger partial charge in [0.2, 0.25) is 0 Å². The quantitative estimate of drug-likeness (QED) is 0.441. The third-order valence-electron chi connectivity index (χ3n) is 0.625. The van der Waals surface area contributed by atoms with Crippen LogP contribution in [0.5, 0.6) is 0 Å². The number of carbonyl (C=O) groups excluding carboxylic acids is 1. The van der Waals surface area contributed by atoms with E-state index in [0.29, 0.717) is 5.88 Å². The minimum absolute atomic E-state index is 0.150. The Bertz CT molecular complexity index is 101. The van der Waals surface area contributed by atoms with Crippen LogP contribution >= 0.6 is 11.6 Å². The second-order valence-corrected chi connectivity index (χ2v) is 1.73. The highest BCUT2D eigenvalue weighted by Crippen LogP contribution is 1.86. The number of carbonyl (C=O) groups is 1. The monoisotopic (exact) mass is 147 g/mol. The Hall–Kier alpha value is -0.500. The summed E-state index contributed by atoms with van der Waals surface area (Å²) in [7, 11) is 0. The molecule has 0 saturated carbocycles. The highest BCUT2D eigenvalue weighted by Gasteiger charge is 1.95. The lowest BCUT2D eigenvalue weighted by molar-refractivity contribution is -0.141. The number of hydrogen-bond acceptors (Lipinski definition) is 2. The van der Waals surface area contributed by atoms with Crippen LogP contribution in [0.1, 0.15) is 6.42 Å². The molecule has 51 valence electrons. The third-order valence-corrected chi connectivity index (χ3v) is 0.779. The fourth-order valence-electron chi connectivity index (χ4n) is 0.308. The predicted octanol–water partition coefficient (Wildman–Crippen LogP) is 1.15. The molecule has 0 unspecified atom stereocenters. The van der Waals surface area contributed by atoms with Crippen LogP contribution in [0.25, 0.3) is 0 Å². The lowest BCUT2D eigenvalue weighted by atomic mass is 10.4. The molecule has 0 aliphatic rings. The molecule has 2 nitrogen and oxygen atoms in total. The van der Waals surface area contributed by atoms with Gasteiger partial charge in [-0.05, 0) is 0 Å². The average Bonchev–Trinajstić information content (AvgIpc) is 1.85. The molecule has 0 saturated heterocycles. The zero-order chi connectivity index (χ0) is 7.11. The molecule has 9 heavy (non-hydrogen) atoms. The zero-order valence-electron chi connectivity index (χ0n) is 4.97. The van der Waals surface area contributed by atoms with Crippen molar-refractivity contribution in [3.63, 3.8) is 0 Å². The van der Waals surface area contributed by atoms with E-state index in [-0.39, 0.29) is 19.0 Å². The number of rotatable bonds is 4. The van der Waals surface area contributed by atoms with Crippen LogP contribution in [-0.4, -0.2) is 18.5 Å². The smallest absolute Gasteiger partial charge is 0.309 e. The van der Waals surface area contributed by atoms with E-state index >= 15 is 0 Å². The van der Waals surface area contributed by atoms with E-state index in [1.807, 2.05) is 0 Å². The summed E-state index contributed by atoms with van der Waals surface area (Å²) in [6, 6.07) is 0. The molecule has 0 spiro atoms. The molecule has 0 amide bonds. The van der Waals surface area contributed by atoms with Crippen molar-refractivity contribution in [2.45, 2.75) is 6.42 Å². The Balaban J connectivity index is 3.16. The molecule has 3 heteroatoms.